The Kier molecular flexibility index (Phi) is 7.12. The number of pyridine rings is 2. The Morgan fingerprint density at radius 1 is 1.02 bits per heavy atom. The number of carbonyl (C=O) groups excluding carboxylic acids is 3. The highest BCUT2D eigenvalue weighted by molar-refractivity contribution is 7.80. The maximum absolute atomic E-state index is 13.8. The van der Waals surface area contributed by atoms with Gasteiger partial charge in [-0.15, -0.1) is 0 Å². The normalized spacial score (nSPS) is 17.0. The van der Waals surface area contributed by atoms with E-state index >= 15 is 0 Å². The molecule has 10 nitrogen and oxygen atoms in total. The van der Waals surface area contributed by atoms with Crippen molar-refractivity contribution in [3.05, 3.63) is 111 Å². The summed E-state index contributed by atoms with van der Waals surface area (Å²) in [6, 6.07) is 23.3. The smallest absolute Gasteiger partial charge is 0.355 e. The van der Waals surface area contributed by atoms with Crippen molar-refractivity contribution in [3.8, 4) is 11.4 Å². The molecule has 5 aromatic rings. The zero-order valence-electron chi connectivity index (χ0n) is 25.0. The molecule has 2 N–H and O–H groups in total. The first-order valence-electron chi connectivity index (χ1n) is 14.9. The van der Waals surface area contributed by atoms with Crippen LogP contribution in [0.15, 0.2) is 83.7 Å². The monoisotopic (exact) mass is 632 g/mol. The van der Waals surface area contributed by atoms with Crippen molar-refractivity contribution in [3.63, 3.8) is 0 Å². The molecule has 0 unspecified atom stereocenters. The van der Waals surface area contributed by atoms with E-state index in [1.54, 1.807) is 29.7 Å². The number of nitrogens with one attached hydrogen (secondary N) is 2. The lowest BCUT2D eigenvalue weighted by Crippen LogP contribution is -2.52. The van der Waals surface area contributed by atoms with Gasteiger partial charge in [0.15, 0.2) is 5.11 Å². The third-order valence-electron chi connectivity index (χ3n) is 8.60. The fraction of sp³-hybridized carbons (Fsp3) is 0.200. The molecule has 2 aliphatic heterocycles. The number of hydrogen-bond acceptors (Lipinski definition) is 8. The molecule has 46 heavy (non-hydrogen) atoms. The second-order valence-corrected chi connectivity index (χ2v) is 11.8. The molecule has 2 aliphatic rings. The number of esters is 2. The molecule has 11 heteroatoms. The first-order chi connectivity index (χ1) is 22.2. The van der Waals surface area contributed by atoms with Crippen LogP contribution in [0, 0.1) is 0 Å². The number of para-hydroxylation sites is 1. The number of ether oxygens (including phenoxy) is 2. The van der Waals surface area contributed by atoms with Gasteiger partial charge in [0.25, 0.3) is 11.5 Å². The van der Waals surface area contributed by atoms with E-state index in [4.69, 9.17) is 26.7 Å². The molecule has 0 fully saturated rings. The predicted octanol–water partition coefficient (Wildman–Crippen LogP) is 4.48. The number of cyclic esters (lactones) is 1. The van der Waals surface area contributed by atoms with Gasteiger partial charge < -0.3 is 19.4 Å². The second kappa shape index (κ2) is 11.2. The number of rotatable bonds is 5. The molecule has 3 aromatic carbocycles. The second-order valence-electron chi connectivity index (χ2n) is 11.4. The maximum Gasteiger partial charge on any atom is 0.355 e. The van der Waals surface area contributed by atoms with E-state index in [-0.39, 0.29) is 34.8 Å². The molecule has 2 atom stereocenters. The van der Waals surface area contributed by atoms with E-state index in [0.717, 1.165) is 27.2 Å². The van der Waals surface area contributed by atoms with E-state index in [1.165, 1.54) is 6.92 Å². The quantitative estimate of drug-likeness (QED) is 0.209. The minimum atomic E-state index is -1.87. The summed E-state index contributed by atoms with van der Waals surface area (Å²) in [5, 5.41) is 8.10. The molecule has 7 rings (SSSR count). The van der Waals surface area contributed by atoms with Gasteiger partial charge >= 0.3 is 11.9 Å². The van der Waals surface area contributed by atoms with Crippen molar-refractivity contribution in [1.29, 1.82) is 0 Å². The first kappa shape index (κ1) is 29.3. The van der Waals surface area contributed by atoms with E-state index in [1.807, 2.05) is 60.7 Å². The number of fused-ring (bicyclic) bond motifs is 6. The van der Waals surface area contributed by atoms with Crippen LogP contribution in [-0.4, -0.2) is 38.6 Å². The van der Waals surface area contributed by atoms with Crippen LogP contribution in [0.3, 0.4) is 0 Å². The Hall–Kier alpha value is -5.42. The average molecular weight is 633 g/mol. The summed E-state index contributed by atoms with van der Waals surface area (Å²) >= 11 is 5.32. The fourth-order valence-electron chi connectivity index (χ4n) is 6.14. The van der Waals surface area contributed by atoms with Crippen molar-refractivity contribution in [2.24, 2.45) is 0 Å². The van der Waals surface area contributed by atoms with Gasteiger partial charge in [-0.25, -0.2) is 14.6 Å². The zero-order valence-corrected chi connectivity index (χ0v) is 25.8. The van der Waals surface area contributed by atoms with Crippen molar-refractivity contribution >= 4 is 56.9 Å². The Labute approximate surface area is 268 Å². The molecule has 0 saturated carbocycles. The van der Waals surface area contributed by atoms with Crippen molar-refractivity contribution in [2.75, 3.05) is 0 Å². The third-order valence-corrected chi connectivity index (χ3v) is 8.82. The molecular weight excluding hydrogens is 604 g/mol. The molecular formula is C35H28N4O6S. The number of hydrogen-bond donors (Lipinski definition) is 2. The Morgan fingerprint density at radius 3 is 2.54 bits per heavy atom. The zero-order chi connectivity index (χ0) is 32.2. The minimum Gasteiger partial charge on any atom is -0.457 e. The topological polar surface area (TPSA) is 129 Å². The number of amides is 1. The molecule has 0 aliphatic carbocycles. The molecule has 230 valence electrons. The lowest BCUT2D eigenvalue weighted by atomic mass is 9.85. The molecule has 0 saturated heterocycles. The fourth-order valence-corrected chi connectivity index (χ4v) is 6.41. The van der Waals surface area contributed by atoms with E-state index in [2.05, 4.69) is 10.6 Å². The van der Waals surface area contributed by atoms with E-state index in [0.29, 0.717) is 23.5 Å². The van der Waals surface area contributed by atoms with Gasteiger partial charge in [0.2, 0.25) is 5.60 Å². The maximum atomic E-state index is 13.8. The van der Waals surface area contributed by atoms with Crippen LogP contribution < -0.4 is 16.2 Å². The number of carbonyl (C=O) groups is 3. The van der Waals surface area contributed by atoms with Crippen LogP contribution in [0.4, 0.5) is 0 Å². The Morgan fingerprint density at radius 2 is 1.76 bits per heavy atom. The van der Waals surface area contributed by atoms with Crippen LogP contribution in [0.5, 0.6) is 0 Å². The lowest BCUT2D eigenvalue weighted by molar-refractivity contribution is -0.190. The van der Waals surface area contributed by atoms with Gasteiger partial charge in [-0.3, -0.25) is 14.9 Å². The van der Waals surface area contributed by atoms with Crippen molar-refractivity contribution < 1.29 is 23.9 Å². The van der Waals surface area contributed by atoms with Crippen molar-refractivity contribution in [1.82, 2.24) is 20.2 Å². The molecule has 0 radical (unpaired) electrons. The van der Waals surface area contributed by atoms with Crippen LogP contribution in [-0.2, 0) is 37.8 Å². The predicted molar refractivity (Wildman–Crippen MR) is 175 cm³/mol. The first-order valence-corrected chi connectivity index (χ1v) is 15.3. The van der Waals surface area contributed by atoms with Gasteiger partial charge in [-0.05, 0) is 66.7 Å². The SMILES string of the molecule is CC[C@@]1(OC(=O)[C@H](C)NC(=S)NC(=O)c2ccc3ccccc3c2)C(=O)OCc2c1cc1n(c2=O)Cc2cc3ccccc3nc2-1. The third kappa shape index (κ3) is 4.80. The van der Waals surface area contributed by atoms with Gasteiger partial charge in [-0.1, -0.05) is 55.5 Å². The highest BCUT2D eigenvalue weighted by Gasteiger charge is 2.51. The highest BCUT2D eigenvalue weighted by Crippen LogP contribution is 2.41. The van der Waals surface area contributed by atoms with E-state index < -0.39 is 29.5 Å². The molecule has 0 spiro atoms. The summed E-state index contributed by atoms with van der Waals surface area (Å²) in [4.78, 5) is 58.3. The summed E-state index contributed by atoms with van der Waals surface area (Å²) < 4.78 is 13.0. The number of aromatic nitrogens is 2. The van der Waals surface area contributed by atoms with E-state index in [9.17, 15) is 19.2 Å². The van der Waals surface area contributed by atoms with Gasteiger partial charge in [0.05, 0.1) is 29.0 Å². The molecule has 1 amide bonds. The standard InChI is InChI=1S/C35H28N4O6S/c1-3-35(45-32(42)19(2)36-34(46)38-30(40)23-13-12-20-8-4-5-9-21(20)14-23)26-16-28-29-24(15-22-10-6-7-11-27(22)37-29)17-39(28)31(41)25(26)18-44-33(35)43/h4-16,19H,3,17-18H2,1-2H3,(H2,36,38,40,46)/t19-,35-/m0/s1. The summed E-state index contributed by atoms with van der Waals surface area (Å²) in [7, 11) is 0. The molecule has 0 bridgehead atoms. The van der Waals surface area contributed by atoms with Gasteiger partial charge in [0, 0.05) is 22.1 Å². The molecule has 4 heterocycles. The highest BCUT2D eigenvalue weighted by atomic mass is 32.1. The van der Waals surface area contributed by atoms with Crippen LogP contribution >= 0.6 is 12.2 Å². The molecule has 2 aromatic heterocycles. The van der Waals surface area contributed by atoms with Gasteiger partial charge in [-0.2, -0.15) is 0 Å². The van der Waals surface area contributed by atoms with Crippen molar-refractivity contribution in [2.45, 2.75) is 45.1 Å². The minimum absolute atomic E-state index is 0.0152. The largest absolute Gasteiger partial charge is 0.457 e. The summed E-state index contributed by atoms with van der Waals surface area (Å²) in [6.07, 6.45) is 0.0152. The summed E-state index contributed by atoms with van der Waals surface area (Å²) in [6.45, 7) is 3.26. The number of thiocarbonyl (C=S) groups is 1. The van der Waals surface area contributed by atoms with Gasteiger partial charge in [0.1, 0.15) is 12.6 Å². The van der Waals surface area contributed by atoms with Crippen LogP contribution in [0.1, 0.15) is 47.3 Å². The Bertz CT molecular complexity index is 2190. The number of benzene rings is 3. The van der Waals surface area contributed by atoms with Crippen LogP contribution in [0.2, 0.25) is 0 Å². The average Bonchev–Trinajstić information content (AvgIpc) is 3.42. The summed E-state index contributed by atoms with van der Waals surface area (Å²) in [5.41, 5.74) is 1.54. The Balaban J connectivity index is 1.14. The summed E-state index contributed by atoms with van der Waals surface area (Å²) in [5.74, 6) is -2.04. The lowest BCUT2D eigenvalue weighted by Gasteiger charge is -2.36. The number of nitrogens with zero attached hydrogens (tertiary/aromatic N) is 2. The van der Waals surface area contributed by atoms with Crippen LogP contribution in [0.25, 0.3) is 33.1 Å².